The number of halogens is 4. The van der Waals surface area contributed by atoms with Crippen molar-refractivity contribution in [2.75, 3.05) is 0 Å². The van der Waals surface area contributed by atoms with E-state index in [9.17, 15) is 17.6 Å². The van der Waals surface area contributed by atoms with Crippen LogP contribution in [0.15, 0.2) is 24.3 Å². The van der Waals surface area contributed by atoms with Gasteiger partial charge in [-0.05, 0) is 5.56 Å². The summed E-state index contributed by atoms with van der Waals surface area (Å²) >= 11 is 0. The molecule has 1 rings (SSSR count). The third-order valence-corrected chi connectivity index (χ3v) is 1.85. The van der Waals surface area contributed by atoms with Crippen LogP contribution in [0.1, 0.15) is 11.1 Å². The highest BCUT2D eigenvalue weighted by atomic mass is 19.3. The van der Waals surface area contributed by atoms with Crippen molar-refractivity contribution in [2.24, 2.45) is 5.73 Å². The van der Waals surface area contributed by atoms with Crippen LogP contribution in [0.5, 0.6) is 0 Å². The Balaban J connectivity index is 2.97. The number of alkyl halides is 4. The quantitative estimate of drug-likeness (QED) is 0.757. The van der Waals surface area contributed by atoms with E-state index >= 15 is 0 Å². The van der Waals surface area contributed by atoms with Crippen molar-refractivity contribution >= 4 is 0 Å². The Morgan fingerprint density at radius 3 is 2.00 bits per heavy atom. The zero-order valence-electron chi connectivity index (χ0n) is 7.18. The first-order chi connectivity index (χ1) is 6.48. The van der Waals surface area contributed by atoms with Crippen molar-refractivity contribution in [3.05, 3.63) is 35.4 Å². The van der Waals surface area contributed by atoms with Gasteiger partial charge in [-0.2, -0.15) is 8.78 Å². The molecular formula is C9H9F4N. The van der Waals surface area contributed by atoms with Gasteiger partial charge in [-0.15, -0.1) is 0 Å². The van der Waals surface area contributed by atoms with Gasteiger partial charge in [0.05, 0.1) is 0 Å². The standard InChI is InChI=1S/C9H9F4N/c10-8(11)9(12,13)7-3-1-6(5-14)2-4-7/h1-4,8H,5,14H2. The number of hydrogen-bond acceptors (Lipinski definition) is 1. The van der Waals surface area contributed by atoms with Crippen LogP contribution >= 0.6 is 0 Å². The van der Waals surface area contributed by atoms with Gasteiger partial charge in [-0.25, -0.2) is 8.78 Å². The second-order valence-corrected chi connectivity index (χ2v) is 2.82. The van der Waals surface area contributed by atoms with Gasteiger partial charge in [0.2, 0.25) is 0 Å². The molecule has 0 fully saturated rings. The van der Waals surface area contributed by atoms with Gasteiger partial charge >= 0.3 is 12.3 Å². The number of nitrogens with two attached hydrogens (primary N) is 1. The van der Waals surface area contributed by atoms with Gasteiger partial charge in [-0.1, -0.05) is 24.3 Å². The minimum Gasteiger partial charge on any atom is -0.326 e. The van der Waals surface area contributed by atoms with Crippen molar-refractivity contribution in [1.82, 2.24) is 0 Å². The summed E-state index contributed by atoms with van der Waals surface area (Å²) in [5, 5.41) is 0. The molecule has 0 bridgehead atoms. The largest absolute Gasteiger partial charge is 0.332 e. The molecule has 0 heterocycles. The fourth-order valence-electron chi connectivity index (χ4n) is 0.989. The van der Waals surface area contributed by atoms with E-state index in [-0.39, 0.29) is 6.54 Å². The fourth-order valence-corrected chi connectivity index (χ4v) is 0.989. The molecule has 0 saturated heterocycles. The van der Waals surface area contributed by atoms with Crippen LogP contribution < -0.4 is 5.73 Å². The molecule has 5 heteroatoms. The van der Waals surface area contributed by atoms with Gasteiger partial charge < -0.3 is 5.73 Å². The van der Waals surface area contributed by atoms with Crippen molar-refractivity contribution in [3.8, 4) is 0 Å². The summed E-state index contributed by atoms with van der Waals surface area (Å²) in [6, 6.07) is 4.56. The van der Waals surface area contributed by atoms with Gasteiger partial charge in [0.25, 0.3) is 0 Å². The van der Waals surface area contributed by atoms with Gasteiger partial charge in [0.15, 0.2) is 0 Å². The number of rotatable bonds is 3. The van der Waals surface area contributed by atoms with E-state index in [2.05, 4.69) is 0 Å². The molecule has 0 aliphatic heterocycles. The monoisotopic (exact) mass is 207 g/mol. The molecule has 0 radical (unpaired) electrons. The van der Waals surface area contributed by atoms with E-state index in [1.54, 1.807) is 0 Å². The van der Waals surface area contributed by atoms with Crippen molar-refractivity contribution < 1.29 is 17.6 Å². The van der Waals surface area contributed by atoms with Gasteiger partial charge in [0.1, 0.15) is 0 Å². The highest BCUT2D eigenvalue weighted by Gasteiger charge is 2.42. The molecule has 0 aliphatic rings. The van der Waals surface area contributed by atoms with E-state index in [4.69, 9.17) is 5.73 Å². The van der Waals surface area contributed by atoms with Crippen LogP contribution in [0.4, 0.5) is 17.6 Å². The van der Waals surface area contributed by atoms with Crippen LogP contribution in [0.2, 0.25) is 0 Å². The molecular weight excluding hydrogens is 198 g/mol. The summed E-state index contributed by atoms with van der Waals surface area (Å²) < 4.78 is 49.3. The summed E-state index contributed by atoms with van der Waals surface area (Å²) in [6.07, 6.45) is -3.69. The van der Waals surface area contributed by atoms with Crippen LogP contribution in [-0.4, -0.2) is 6.43 Å². The van der Waals surface area contributed by atoms with E-state index in [0.717, 1.165) is 12.1 Å². The lowest BCUT2D eigenvalue weighted by molar-refractivity contribution is -0.135. The van der Waals surface area contributed by atoms with Gasteiger partial charge in [-0.3, -0.25) is 0 Å². The summed E-state index contributed by atoms with van der Waals surface area (Å²) in [7, 11) is 0. The third kappa shape index (κ3) is 2.04. The topological polar surface area (TPSA) is 26.0 Å². The summed E-state index contributed by atoms with van der Waals surface area (Å²) in [4.78, 5) is 0. The molecule has 0 saturated carbocycles. The summed E-state index contributed by atoms with van der Waals surface area (Å²) in [5.41, 5.74) is 5.17. The fraction of sp³-hybridized carbons (Fsp3) is 0.333. The molecule has 1 nitrogen and oxygen atoms in total. The second-order valence-electron chi connectivity index (χ2n) is 2.82. The van der Waals surface area contributed by atoms with Crippen LogP contribution in [0.3, 0.4) is 0 Å². The Morgan fingerprint density at radius 1 is 1.14 bits per heavy atom. The zero-order chi connectivity index (χ0) is 10.8. The smallest absolute Gasteiger partial charge is 0.326 e. The van der Waals surface area contributed by atoms with Crippen LogP contribution in [0, 0.1) is 0 Å². The Kier molecular flexibility index (Phi) is 3.10. The lowest BCUT2D eigenvalue weighted by Crippen LogP contribution is -2.23. The minimum absolute atomic E-state index is 0.195. The average molecular weight is 207 g/mol. The zero-order valence-corrected chi connectivity index (χ0v) is 7.18. The number of hydrogen-bond donors (Lipinski definition) is 1. The lowest BCUT2D eigenvalue weighted by atomic mass is 10.1. The first-order valence-electron chi connectivity index (χ1n) is 3.94. The normalized spacial score (nSPS) is 12.1. The van der Waals surface area contributed by atoms with E-state index < -0.39 is 17.9 Å². The summed E-state index contributed by atoms with van der Waals surface area (Å²) in [6.45, 7) is 0.195. The van der Waals surface area contributed by atoms with Crippen molar-refractivity contribution in [1.29, 1.82) is 0 Å². The molecule has 2 N–H and O–H groups in total. The SMILES string of the molecule is NCc1ccc(C(F)(F)C(F)F)cc1. The first kappa shape index (κ1) is 11.0. The Bertz CT molecular complexity index is 294. The molecule has 0 aromatic heterocycles. The molecule has 0 unspecified atom stereocenters. The number of benzene rings is 1. The molecule has 1 aromatic carbocycles. The van der Waals surface area contributed by atoms with Crippen LogP contribution in [0.25, 0.3) is 0 Å². The Hall–Kier alpha value is -1.10. The molecule has 14 heavy (non-hydrogen) atoms. The minimum atomic E-state index is -4.09. The molecule has 0 amide bonds. The van der Waals surface area contributed by atoms with Gasteiger partial charge in [0, 0.05) is 12.1 Å². The van der Waals surface area contributed by atoms with E-state index in [1.807, 2.05) is 0 Å². The first-order valence-corrected chi connectivity index (χ1v) is 3.94. The van der Waals surface area contributed by atoms with Crippen molar-refractivity contribution in [2.45, 2.75) is 18.9 Å². The third-order valence-electron chi connectivity index (χ3n) is 1.85. The maximum Gasteiger partial charge on any atom is 0.332 e. The van der Waals surface area contributed by atoms with E-state index in [1.165, 1.54) is 12.1 Å². The maximum absolute atomic E-state index is 12.7. The van der Waals surface area contributed by atoms with Crippen molar-refractivity contribution in [3.63, 3.8) is 0 Å². The summed E-state index contributed by atoms with van der Waals surface area (Å²) in [5.74, 6) is -4.09. The predicted octanol–water partition coefficient (Wildman–Crippen LogP) is 2.50. The highest BCUT2D eigenvalue weighted by Crippen LogP contribution is 2.34. The second kappa shape index (κ2) is 3.96. The Labute approximate surface area is 78.5 Å². The highest BCUT2D eigenvalue weighted by molar-refractivity contribution is 5.26. The molecule has 78 valence electrons. The lowest BCUT2D eigenvalue weighted by Gasteiger charge is -2.15. The molecule has 1 aromatic rings. The Morgan fingerprint density at radius 2 is 1.64 bits per heavy atom. The van der Waals surface area contributed by atoms with Crippen LogP contribution in [-0.2, 0) is 12.5 Å². The molecule has 0 spiro atoms. The molecule has 0 atom stereocenters. The maximum atomic E-state index is 12.7. The molecule has 0 aliphatic carbocycles. The van der Waals surface area contributed by atoms with E-state index in [0.29, 0.717) is 5.56 Å². The average Bonchev–Trinajstić information content (AvgIpc) is 2.17. The predicted molar refractivity (Wildman–Crippen MR) is 44.2 cm³/mol.